The van der Waals surface area contributed by atoms with Gasteiger partial charge in [0.05, 0.1) is 22.9 Å². The number of benzene rings is 1. The lowest BCUT2D eigenvalue weighted by molar-refractivity contribution is 0.654. The van der Waals surface area contributed by atoms with Gasteiger partial charge in [-0.3, -0.25) is 9.19 Å². The van der Waals surface area contributed by atoms with Gasteiger partial charge >= 0.3 is 0 Å². The molecule has 5 nitrogen and oxygen atoms in total. The zero-order chi connectivity index (χ0) is 13.2. The zero-order valence-corrected chi connectivity index (χ0v) is 11.2. The first-order valence-electron chi connectivity index (χ1n) is 5.79. The molecule has 0 saturated carbocycles. The average molecular weight is 272 g/mol. The van der Waals surface area contributed by atoms with Crippen molar-refractivity contribution >= 4 is 21.7 Å². The highest BCUT2D eigenvalue weighted by Gasteiger charge is 2.10. The Labute approximate surface area is 112 Å². The Bertz CT molecular complexity index is 748. The summed E-state index contributed by atoms with van der Waals surface area (Å²) in [4.78, 5) is 4.41. The van der Waals surface area contributed by atoms with Crippen molar-refractivity contribution in [1.82, 2.24) is 19.7 Å². The van der Waals surface area contributed by atoms with E-state index in [0.29, 0.717) is 11.7 Å². The molecule has 0 aliphatic rings. The largest absolute Gasteiger partial charge is 0.302 e. The van der Waals surface area contributed by atoms with Crippen LogP contribution in [0, 0.1) is 0 Å². The van der Waals surface area contributed by atoms with E-state index in [4.69, 9.17) is 0 Å². The highest BCUT2D eigenvalue weighted by Crippen LogP contribution is 2.17. The summed E-state index contributed by atoms with van der Waals surface area (Å²) in [6, 6.07) is 9.97. The van der Waals surface area contributed by atoms with Gasteiger partial charge in [-0.05, 0) is 11.6 Å². The maximum absolute atomic E-state index is 11.6. The lowest BCUT2D eigenvalue weighted by Gasteiger charge is -2.07. The van der Waals surface area contributed by atoms with Crippen LogP contribution in [0.2, 0.25) is 0 Å². The van der Waals surface area contributed by atoms with Crippen LogP contribution >= 0.6 is 0 Å². The van der Waals surface area contributed by atoms with Gasteiger partial charge in [0.15, 0.2) is 0 Å². The topological polar surface area (TPSA) is 60.7 Å². The summed E-state index contributed by atoms with van der Waals surface area (Å²) < 4.78 is 13.3. The summed E-state index contributed by atoms with van der Waals surface area (Å²) in [6.45, 7) is 0.566. The molecule has 3 aromatic rings. The second kappa shape index (κ2) is 4.89. The van der Waals surface area contributed by atoms with E-state index in [1.54, 1.807) is 23.3 Å². The maximum atomic E-state index is 11.6. The minimum atomic E-state index is -1.15. The van der Waals surface area contributed by atoms with Crippen LogP contribution in [-0.4, -0.2) is 30.2 Å². The first-order valence-corrected chi connectivity index (χ1v) is 7.35. The third-order valence-corrected chi connectivity index (χ3v) is 3.72. The number of hydrogen-bond acceptors (Lipinski definition) is 4. The molecule has 2 aromatic heterocycles. The van der Waals surface area contributed by atoms with Gasteiger partial charge in [0, 0.05) is 17.8 Å². The van der Waals surface area contributed by atoms with Gasteiger partial charge < -0.3 is 4.57 Å². The standard InChI is InChI=1S/C13H12N4OS/c1-19(18)13-16-15-9-17(13)8-11-5-2-4-10-6-3-7-14-12(10)11/h2-7,9H,8H2,1H3. The minimum absolute atomic E-state index is 0.480. The van der Waals surface area contributed by atoms with Gasteiger partial charge in [0.25, 0.3) is 0 Å². The van der Waals surface area contributed by atoms with Crippen molar-refractivity contribution in [2.75, 3.05) is 6.26 Å². The zero-order valence-electron chi connectivity index (χ0n) is 10.4. The first-order chi connectivity index (χ1) is 9.25. The molecule has 2 heterocycles. The Morgan fingerprint density at radius 3 is 2.95 bits per heavy atom. The van der Waals surface area contributed by atoms with Gasteiger partial charge in [0.2, 0.25) is 5.16 Å². The van der Waals surface area contributed by atoms with Crippen LogP contribution in [0.3, 0.4) is 0 Å². The van der Waals surface area contributed by atoms with Crippen molar-refractivity contribution in [3.8, 4) is 0 Å². The molecule has 3 rings (SSSR count). The van der Waals surface area contributed by atoms with Gasteiger partial charge in [-0.1, -0.05) is 24.3 Å². The molecule has 0 bridgehead atoms. The SMILES string of the molecule is CS(=O)c1nncn1Cc1cccc2cccnc12. The predicted octanol–water partition coefficient (Wildman–Crippen LogP) is 1.61. The average Bonchev–Trinajstić information content (AvgIpc) is 2.87. The lowest BCUT2D eigenvalue weighted by atomic mass is 10.1. The molecule has 1 atom stereocenters. The van der Waals surface area contributed by atoms with Crippen molar-refractivity contribution in [2.45, 2.75) is 11.7 Å². The van der Waals surface area contributed by atoms with Gasteiger partial charge in [0.1, 0.15) is 6.33 Å². The number of rotatable bonds is 3. The number of fused-ring (bicyclic) bond motifs is 1. The monoisotopic (exact) mass is 272 g/mol. The second-order valence-electron chi connectivity index (χ2n) is 4.19. The molecule has 0 aliphatic carbocycles. The Kier molecular flexibility index (Phi) is 3.08. The van der Waals surface area contributed by atoms with E-state index in [9.17, 15) is 4.21 Å². The number of aromatic nitrogens is 4. The fourth-order valence-electron chi connectivity index (χ4n) is 2.05. The molecule has 19 heavy (non-hydrogen) atoms. The Hall–Kier alpha value is -2.08. The smallest absolute Gasteiger partial charge is 0.221 e. The minimum Gasteiger partial charge on any atom is -0.302 e. The number of para-hydroxylation sites is 1. The van der Waals surface area contributed by atoms with Crippen LogP contribution in [0.1, 0.15) is 5.56 Å². The van der Waals surface area contributed by atoms with Crippen molar-refractivity contribution in [3.63, 3.8) is 0 Å². The van der Waals surface area contributed by atoms with Crippen LogP contribution in [0.4, 0.5) is 0 Å². The molecule has 0 N–H and O–H groups in total. The van der Waals surface area contributed by atoms with E-state index in [2.05, 4.69) is 15.2 Å². The highest BCUT2D eigenvalue weighted by atomic mass is 32.2. The fraction of sp³-hybridized carbons (Fsp3) is 0.154. The fourth-order valence-corrected chi connectivity index (χ4v) is 2.66. The van der Waals surface area contributed by atoms with Gasteiger partial charge in [-0.2, -0.15) is 0 Å². The normalized spacial score (nSPS) is 12.7. The highest BCUT2D eigenvalue weighted by molar-refractivity contribution is 7.84. The Morgan fingerprint density at radius 1 is 1.26 bits per heavy atom. The van der Waals surface area contributed by atoms with Crippen LogP contribution in [-0.2, 0) is 17.3 Å². The lowest BCUT2D eigenvalue weighted by Crippen LogP contribution is -2.06. The van der Waals surface area contributed by atoms with E-state index in [1.807, 2.05) is 30.3 Å². The maximum Gasteiger partial charge on any atom is 0.221 e. The summed E-state index contributed by atoms with van der Waals surface area (Å²) in [6.07, 6.45) is 4.97. The van der Waals surface area contributed by atoms with Gasteiger partial charge in [-0.25, -0.2) is 0 Å². The van der Waals surface area contributed by atoms with E-state index < -0.39 is 10.8 Å². The molecule has 0 radical (unpaired) electrons. The molecule has 6 heteroatoms. The van der Waals surface area contributed by atoms with E-state index in [1.165, 1.54) is 0 Å². The van der Waals surface area contributed by atoms with Gasteiger partial charge in [-0.15, -0.1) is 10.2 Å². The van der Waals surface area contributed by atoms with Crippen molar-refractivity contribution in [2.24, 2.45) is 0 Å². The van der Waals surface area contributed by atoms with E-state index in [-0.39, 0.29) is 0 Å². The summed E-state index contributed by atoms with van der Waals surface area (Å²) in [5.41, 5.74) is 2.01. The quantitative estimate of drug-likeness (QED) is 0.727. The number of hydrogen-bond donors (Lipinski definition) is 0. The third-order valence-electron chi connectivity index (χ3n) is 2.89. The molecule has 0 amide bonds. The molecular formula is C13H12N4OS. The number of pyridine rings is 1. The van der Waals surface area contributed by atoms with Crippen molar-refractivity contribution < 1.29 is 4.21 Å². The molecule has 0 spiro atoms. The third kappa shape index (κ3) is 2.26. The van der Waals surface area contributed by atoms with Crippen LogP contribution in [0.25, 0.3) is 10.9 Å². The van der Waals surface area contributed by atoms with Crippen LogP contribution in [0.5, 0.6) is 0 Å². The van der Waals surface area contributed by atoms with Crippen molar-refractivity contribution in [3.05, 3.63) is 48.4 Å². The molecule has 96 valence electrons. The van der Waals surface area contributed by atoms with E-state index >= 15 is 0 Å². The second-order valence-corrected chi connectivity index (χ2v) is 5.46. The summed E-state index contributed by atoms with van der Waals surface area (Å²) >= 11 is 0. The Balaban J connectivity index is 2.06. The van der Waals surface area contributed by atoms with Crippen LogP contribution < -0.4 is 0 Å². The molecule has 1 unspecified atom stereocenters. The summed E-state index contributed by atoms with van der Waals surface area (Å²) in [5.74, 6) is 0. The predicted molar refractivity (Wildman–Crippen MR) is 73.2 cm³/mol. The molecular weight excluding hydrogens is 260 g/mol. The van der Waals surface area contributed by atoms with Crippen molar-refractivity contribution in [1.29, 1.82) is 0 Å². The molecule has 0 saturated heterocycles. The molecule has 1 aromatic carbocycles. The summed E-state index contributed by atoms with van der Waals surface area (Å²) in [7, 11) is -1.15. The van der Waals surface area contributed by atoms with E-state index in [0.717, 1.165) is 16.5 Å². The Morgan fingerprint density at radius 2 is 2.11 bits per heavy atom. The number of nitrogens with zero attached hydrogens (tertiary/aromatic N) is 4. The van der Waals surface area contributed by atoms with Crippen LogP contribution in [0.15, 0.2) is 48.0 Å². The summed E-state index contributed by atoms with van der Waals surface area (Å²) in [5, 5.41) is 9.27. The first kappa shape index (κ1) is 12.0. The molecule has 0 aliphatic heterocycles. The molecule has 0 fully saturated rings.